The minimum atomic E-state index is -1.70. The van der Waals surface area contributed by atoms with Crippen LogP contribution < -0.4 is 59.3 Å². The van der Waals surface area contributed by atoms with Gasteiger partial charge in [-0.2, -0.15) is 0 Å². The average Bonchev–Trinajstić information content (AvgIpc) is 1.97. The number of carbonyl (C=O) groups is 11. The fraction of sp³-hybridized carbons (Fsp3) is 0.540. The lowest BCUT2D eigenvalue weighted by atomic mass is 9.99. The van der Waals surface area contributed by atoms with Gasteiger partial charge >= 0.3 is 0 Å². The summed E-state index contributed by atoms with van der Waals surface area (Å²) in [5.41, 5.74) is 13.2. The third-order valence-corrected chi connectivity index (χ3v) is 14.9. The Morgan fingerprint density at radius 3 is 1.78 bits per heavy atom. The van der Waals surface area contributed by atoms with E-state index in [1.807, 2.05) is 59.7 Å². The van der Waals surface area contributed by atoms with Crippen molar-refractivity contribution >= 4 is 81.9 Å². The number of aliphatic carboxylic acids is 1. The summed E-state index contributed by atoms with van der Waals surface area (Å²) in [7, 11) is 0. The first-order valence-electron chi connectivity index (χ1n) is 31.2. The van der Waals surface area contributed by atoms with Gasteiger partial charge in [0.25, 0.3) is 5.97 Å². The summed E-state index contributed by atoms with van der Waals surface area (Å²) in [5.74, 6) is -6.58. The van der Waals surface area contributed by atoms with Crippen LogP contribution in [0.2, 0.25) is 0 Å². The van der Waals surface area contributed by atoms with Gasteiger partial charge in [0.15, 0.2) is 5.96 Å². The number of hydrogen-bond donors (Lipinski definition) is 16. The van der Waals surface area contributed by atoms with E-state index in [1.165, 1.54) is 43.7 Å². The topological polar surface area (TPSA) is 469 Å². The van der Waals surface area contributed by atoms with Crippen molar-refractivity contribution in [2.24, 2.45) is 28.3 Å². The molecule has 4 heterocycles. The number of phenols is 1. The lowest BCUT2D eigenvalue weighted by Gasteiger charge is -2.28. The molecule has 2 aliphatic rings. The molecule has 0 radical (unpaired) electrons. The van der Waals surface area contributed by atoms with Gasteiger partial charge in [-0.15, -0.1) is 0 Å². The molecule has 9 unspecified atom stereocenters. The van der Waals surface area contributed by atoms with Crippen LogP contribution in [-0.2, 0) is 72.0 Å². The number of guanidine groups is 1. The second-order valence-electron chi connectivity index (χ2n) is 23.8. The molecule has 10 amide bonds. The fourth-order valence-electron chi connectivity index (χ4n) is 10.4. The zero-order valence-corrected chi connectivity index (χ0v) is 54.1. The number of para-hydroxylation sites is 1. The number of aliphatic imine (C=N–C) groups is 1. The number of fused-ring (bicyclic) bond motifs is 1. The van der Waals surface area contributed by atoms with Crippen molar-refractivity contribution in [3.63, 3.8) is 0 Å². The number of carbonyl (C=O) groups excluding carboxylic acids is 10. The van der Waals surface area contributed by atoms with Gasteiger partial charge < -0.3 is 89.5 Å². The number of aromatic amines is 2. The van der Waals surface area contributed by atoms with Gasteiger partial charge in [-0.1, -0.05) is 58.0 Å². The number of likely N-dealkylation sites (tertiary alicyclic amines) is 1. The normalized spacial score (nSPS) is 16.4. The van der Waals surface area contributed by atoms with Crippen molar-refractivity contribution < 1.29 is 68.1 Å². The second-order valence-corrected chi connectivity index (χ2v) is 23.8. The van der Waals surface area contributed by atoms with Crippen LogP contribution in [-0.4, -0.2) is 187 Å². The van der Waals surface area contributed by atoms with Crippen LogP contribution in [0.3, 0.4) is 0 Å². The molecule has 18 N–H and O–H groups in total. The number of rotatable bonds is 31. The maximum Gasteiger partial charge on any atom is 0.300 e. The van der Waals surface area contributed by atoms with Crippen molar-refractivity contribution in [2.75, 3.05) is 26.2 Å². The van der Waals surface area contributed by atoms with E-state index in [2.05, 4.69) is 67.8 Å². The van der Waals surface area contributed by atoms with E-state index >= 15 is 0 Å². The van der Waals surface area contributed by atoms with Crippen LogP contribution in [0, 0.1) is 11.8 Å². The smallest absolute Gasteiger partial charge is 0.300 e. The van der Waals surface area contributed by atoms with Crippen LogP contribution in [0.15, 0.2) is 72.2 Å². The maximum absolute atomic E-state index is 14.5. The number of benzene rings is 2. The summed E-state index contributed by atoms with van der Waals surface area (Å²) in [6, 6.07) is 3.74. The fourth-order valence-corrected chi connectivity index (χ4v) is 10.4. The van der Waals surface area contributed by atoms with E-state index in [9.17, 15) is 58.2 Å². The van der Waals surface area contributed by atoms with Crippen LogP contribution >= 0.6 is 0 Å². The Bertz CT molecular complexity index is 3160. The van der Waals surface area contributed by atoms with E-state index in [4.69, 9.17) is 21.4 Å². The molecule has 2 aromatic carbocycles. The molecule has 93 heavy (non-hydrogen) atoms. The van der Waals surface area contributed by atoms with Crippen LogP contribution in [0.4, 0.5) is 0 Å². The number of aliphatic hydroxyl groups is 1. The van der Waals surface area contributed by atoms with Crippen molar-refractivity contribution in [3.05, 3.63) is 84.1 Å². The van der Waals surface area contributed by atoms with Crippen molar-refractivity contribution in [2.45, 2.75) is 180 Å². The molecule has 30 heteroatoms. The number of nitrogens with zero attached hydrogens (tertiary/aromatic N) is 3. The zero-order valence-electron chi connectivity index (χ0n) is 54.1. The van der Waals surface area contributed by atoms with Gasteiger partial charge in [0.05, 0.1) is 12.9 Å². The number of nitrogens with two attached hydrogens (primary N) is 2. The molecule has 0 bridgehead atoms. The molecular weight excluding hydrogens is 1200 g/mol. The van der Waals surface area contributed by atoms with Crippen LogP contribution in [0.25, 0.3) is 10.9 Å². The highest BCUT2D eigenvalue weighted by atomic mass is 16.4. The number of likely N-dealkylation sites (N-methyl/N-ethyl adjacent to an activating group) is 1. The Hall–Kier alpha value is -9.61. The Morgan fingerprint density at radius 2 is 1.25 bits per heavy atom. The lowest BCUT2D eigenvalue weighted by Crippen LogP contribution is -2.61. The number of carboxylic acids is 1. The number of carboxylic acid groups (broad SMARTS) is 1. The van der Waals surface area contributed by atoms with E-state index in [-0.39, 0.29) is 98.3 Å². The summed E-state index contributed by atoms with van der Waals surface area (Å²) < 4.78 is 0. The first-order chi connectivity index (χ1) is 44.1. The summed E-state index contributed by atoms with van der Waals surface area (Å²) >= 11 is 0. The van der Waals surface area contributed by atoms with Gasteiger partial charge in [0, 0.05) is 94.2 Å². The van der Waals surface area contributed by atoms with E-state index < -0.39 is 96.2 Å². The highest BCUT2D eigenvalue weighted by molar-refractivity contribution is 5.99. The molecule has 0 spiro atoms. The number of amides is 10. The van der Waals surface area contributed by atoms with Gasteiger partial charge in [-0.05, 0) is 100.0 Å². The summed E-state index contributed by atoms with van der Waals surface area (Å²) in [4.78, 5) is 158. The Labute approximate surface area is 540 Å². The Kier molecular flexibility index (Phi) is 31.2. The summed E-state index contributed by atoms with van der Waals surface area (Å²) in [6.07, 6.45) is 7.80. The quantitative estimate of drug-likeness (QED) is 0.0174. The number of aromatic nitrogens is 3. The third-order valence-electron chi connectivity index (χ3n) is 14.9. The van der Waals surface area contributed by atoms with Gasteiger partial charge in [0.1, 0.15) is 54.1 Å². The molecule has 2 saturated heterocycles. The number of phenolic OH excluding ortho intramolecular Hbond substituents is 1. The molecule has 2 fully saturated rings. The third kappa shape index (κ3) is 26.3. The highest BCUT2D eigenvalue weighted by Gasteiger charge is 2.37. The number of nitrogens with one attached hydrogen (secondary N) is 11. The molecule has 0 aliphatic carbocycles. The average molecular weight is 1300 g/mol. The second kappa shape index (κ2) is 38.3. The van der Waals surface area contributed by atoms with Crippen molar-refractivity contribution in [3.8, 4) is 5.75 Å². The standard InChI is InChI=1S/C52H74N14O10.C9H16N2O2.C2H4O2/c1-28(2)19-38(46(71)59-30(5)9-8-18-56-52(53)54)61-47(72)39(20-29(3)4)62-48(73)40(21-31-12-14-34(68)15-13-31)63-51(76)43(26-67)66-49(74)41(22-32-24-57-36-11-7-6-10-35(32)36)64-50(75)42(23-33-25-55-27-58-33)65-45(70)37-16-17-44(69)60-37;1-3-10-9(13)8-5-4-6-11(8)7(2)12;1-2(3)4/h6-7,10-15,24-25,27-30,37-43,57,67-68H,8-9,16-23,26H2,1-5H3,(H,55,58)(H,59,71)(H,60,69)(H,61,72)(H,62,73)(H,63,76)(H,64,75)(H,65,70)(H,66,74)(H4,53,54,56);8H,3-6H2,1-2H3,(H,10,13);1H3,(H,3,4). The summed E-state index contributed by atoms with van der Waals surface area (Å²) in [6.45, 7) is 14.6. The van der Waals surface area contributed by atoms with Gasteiger partial charge in [-0.3, -0.25) is 57.7 Å². The van der Waals surface area contributed by atoms with Crippen LogP contribution in [0.5, 0.6) is 5.75 Å². The molecule has 4 aromatic rings. The molecule has 0 saturated carbocycles. The Morgan fingerprint density at radius 1 is 0.699 bits per heavy atom. The predicted molar refractivity (Wildman–Crippen MR) is 345 cm³/mol. The number of aliphatic hydroxyl groups excluding tert-OH is 1. The first-order valence-corrected chi connectivity index (χ1v) is 31.2. The van der Waals surface area contributed by atoms with E-state index in [1.54, 1.807) is 17.2 Å². The van der Waals surface area contributed by atoms with E-state index in [0.29, 0.717) is 42.8 Å². The van der Waals surface area contributed by atoms with E-state index in [0.717, 1.165) is 37.2 Å². The SMILES string of the molecule is CC(=O)O.CC(C)CC(NC(=O)C(CC(C)C)NC(=O)C(Cc1ccc(O)cc1)NC(=O)C(CO)NC(=O)C(Cc1c[nH]c2ccccc12)NC(=O)C(Cc1cnc[nH]1)NC(=O)C1CCC(=O)N1)C(=O)NC(C)CCCN=C(N)N.CCNC(=O)C1CCCN1C(C)=O. The largest absolute Gasteiger partial charge is 0.508 e. The number of aromatic hydroxyl groups is 1. The van der Waals surface area contributed by atoms with Crippen LogP contribution in [0.1, 0.15) is 124 Å². The maximum atomic E-state index is 14.5. The molecule has 2 aliphatic heterocycles. The molecule has 30 nitrogen and oxygen atoms in total. The molecule has 6 rings (SSSR count). The van der Waals surface area contributed by atoms with Gasteiger partial charge in [0.2, 0.25) is 59.1 Å². The van der Waals surface area contributed by atoms with Gasteiger partial charge in [-0.25, -0.2) is 4.98 Å². The van der Waals surface area contributed by atoms with Crippen molar-refractivity contribution in [1.82, 2.24) is 67.7 Å². The predicted octanol–water partition coefficient (Wildman–Crippen LogP) is -0.321. The number of imidazole rings is 1. The molecular formula is C63H94N16O14. The molecule has 510 valence electrons. The first kappa shape index (κ1) is 75.8. The minimum Gasteiger partial charge on any atom is -0.508 e. The lowest BCUT2D eigenvalue weighted by molar-refractivity contribution is -0.136. The number of hydrogen-bond acceptors (Lipinski definition) is 15. The minimum absolute atomic E-state index is 0.00578. The Balaban J connectivity index is 0.000000941. The van der Waals surface area contributed by atoms with Crippen molar-refractivity contribution in [1.29, 1.82) is 0 Å². The molecule has 2 aromatic heterocycles. The number of H-pyrrole nitrogens is 2. The highest BCUT2D eigenvalue weighted by Crippen LogP contribution is 2.21. The molecule has 9 atom stereocenters. The summed E-state index contributed by atoms with van der Waals surface area (Å²) in [5, 5.41) is 53.3. The monoisotopic (exact) mass is 1300 g/mol. The zero-order chi connectivity index (χ0) is 68.9.